The predicted molar refractivity (Wildman–Crippen MR) is 60.1 cm³/mol. The zero-order chi connectivity index (χ0) is 10.2. The van der Waals surface area contributed by atoms with E-state index in [0.29, 0.717) is 18.5 Å². The molecule has 1 saturated heterocycles. The van der Waals surface area contributed by atoms with Crippen LogP contribution in [0.3, 0.4) is 0 Å². The molecular weight excluding hydrogens is 200 g/mol. The van der Waals surface area contributed by atoms with Gasteiger partial charge >= 0.3 is 0 Å². The Morgan fingerprint density at radius 2 is 2.14 bits per heavy atom. The smallest absolute Gasteiger partial charge is 0.0627 e. The van der Waals surface area contributed by atoms with Crippen molar-refractivity contribution in [1.29, 1.82) is 0 Å². The normalized spacial score (nSPS) is 20.1. The van der Waals surface area contributed by atoms with Crippen LogP contribution in [0.25, 0.3) is 0 Å². The van der Waals surface area contributed by atoms with E-state index in [2.05, 4.69) is 10.2 Å². The van der Waals surface area contributed by atoms with Crippen LogP contribution in [0.1, 0.15) is 12.8 Å². The highest BCUT2D eigenvalue weighted by Crippen LogP contribution is 2.05. The van der Waals surface area contributed by atoms with Crippen molar-refractivity contribution < 1.29 is 4.74 Å². The van der Waals surface area contributed by atoms with Gasteiger partial charge in [-0.05, 0) is 25.9 Å². The van der Waals surface area contributed by atoms with Gasteiger partial charge in [-0.1, -0.05) is 0 Å². The summed E-state index contributed by atoms with van der Waals surface area (Å²) in [7, 11) is 1.71. The number of ether oxygens (including phenoxy) is 1. The van der Waals surface area contributed by atoms with Gasteiger partial charge in [0.1, 0.15) is 0 Å². The Bertz CT molecular complexity index is 140. The first kappa shape index (κ1) is 12.2. The molecule has 1 unspecified atom stereocenters. The topological polar surface area (TPSA) is 24.5 Å². The van der Waals surface area contributed by atoms with Gasteiger partial charge in [0.25, 0.3) is 0 Å². The van der Waals surface area contributed by atoms with E-state index >= 15 is 0 Å². The molecule has 1 aliphatic heterocycles. The van der Waals surface area contributed by atoms with Gasteiger partial charge in [0.05, 0.1) is 6.61 Å². The zero-order valence-corrected chi connectivity index (χ0v) is 9.72. The third-order valence-electron chi connectivity index (χ3n) is 2.61. The monoisotopic (exact) mass is 220 g/mol. The molecule has 1 heterocycles. The number of nitrogens with zero attached hydrogens (tertiary/aromatic N) is 1. The standard InChI is InChI=1S/C10H21ClN2O/c1-14-9-10(8-11)12-4-7-13-5-2-3-6-13/h10,12H,2-9H2,1H3. The average Bonchev–Trinajstić information content (AvgIpc) is 2.69. The van der Waals surface area contributed by atoms with Crippen LogP contribution in [0, 0.1) is 0 Å². The van der Waals surface area contributed by atoms with Crippen LogP contribution in [0.2, 0.25) is 0 Å². The van der Waals surface area contributed by atoms with E-state index in [1.165, 1.54) is 25.9 Å². The molecule has 0 radical (unpaired) electrons. The molecule has 0 bridgehead atoms. The van der Waals surface area contributed by atoms with E-state index in [1.807, 2.05) is 0 Å². The van der Waals surface area contributed by atoms with Crippen molar-refractivity contribution in [2.24, 2.45) is 0 Å². The summed E-state index contributed by atoms with van der Waals surface area (Å²) in [6.07, 6.45) is 2.72. The van der Waals surface area contributed by atoms with Crippen molar-refractivity contribution >= 4 is 11.6 Å². The molecule has 1 aliphatic rings. The van der Waals surface area contributed by atoms with Gasteiger partial charge < -0.3 is 15.0 Å². The minimum atomic E-state index is 0.296. The second kappa shape index (κ2) is 7.46. The molecule has 0 aromatic rings. The minimum absolute atomic E-state index is 0.296. The highest BCUT2D eigenvalue weighted by molar-refractivity contribution is 6.18. The maximum atomic E-state index is 5.79. The van der Waals surface area contributed by atoms with Crippen molar-refractivity contribution in [3.8, 4) is 0 Å². The van der Waals surface area contributed by atoms with Crippen molar-refractivity contribution in [1.82, 2.24) is 10.2 Å². The Balaban J connectivity index is 2.00. The SMILES string of the molecule is COCC(CCl)NCCN1CCCC1. The molecule has 1 rings (SSSR count). The third-order valence-corrected chi connectivity index (χ3v) is 2.99. The summed E-state index contributed by atoms with van der Waals surface area (Å²) in [6.45, 7) is 5.37. The van der Waals surface area contributed by atoms with Gasteiger partial charge in [0.15, 0.2) is 0 Å². The lowest BCUT2D eigenvalue weighted by atomic mass is 10.3. The van der Waals surface area contributed by atoms with E-state index < -0.39 is 0 Å². The number of halogens is 1. The summed E-state index contributed by atoms with van der Waals surface area (Å²) in [6, 6.07) is 0.296. The summed E-state index contributed by atoms with van der Waals surface area (Å²) in [5, 5.41) is 3.40. The van der Waals surface area contributed by atoms with Crippen LogP contribution in [-0.2, 0) is 4.74 Å². The molecule has 4 heteroatoms. The maximum absolute atomic E-state index is 5.79. The molecule has 0 aliphatic carbocycles. The van der Waals surface area contributed by atoms with Crippen LogP contribution in [0.15, 0.2) is 0 Å². The van der Waals surface area contributed by atoms with Crippen LogP contribution < -0.4 is 5.32 Å². The Kier molecular flexibility index (Phi) is 6.52. The van der Waals surface area contributed by atoms with Gasteiger partial charge in [-0.25, -0.2) is 0 Å². The van der Waals surface area contributed by atoms with Crippen molar-refractivity contribution in [2.75, 3.05) is 45.8 Å². The Hall–Kier alpha value is 0.170. The summed E-state index contributed by atoms with van der Waals surface area (Å²) in [4.78, 5) is 2.49. The Morgan fingerprint density at radius 3 is 2.71 bits per heavy atom. The molecular formula is C10H21ClN2O. The first-order chi connectivity index (χ1) is 6.86. The first-order valence-electron chi connectivity index (χ1n) is 5.37. The lowest BCUT2D eigenvalue weighted by Crippen LogP contribution is -2.39. The molecule has 0 amide bonds. The molecule has 0 aromatic carbocycles. The van der Waals surface area contributed by atoms with E-state index in [1.54, 1.807) is 7.11 Å². The van der Waals surface area contributed by atoms with Crippen LogP contribution >= 0.6 is 11.6 Å². The molecule has 0 aromatic heterocycles. The number of methoxy groups -OCH3 is 1. The fraction of sp³-hybridized carbons (Fsp3) is 1.00. The van der Waals surface area contributed by atoms with Gasteiger partial charge in [0, 0.05) is 32.1 Å². The summed E-state index contributed by atoms with van der Waals surface area (Å²) >= 11 is 5.79. The fourth-order valence-corrected chi connectivity index (χ4v) is 1.99. The van der Waals surface area contributed by atoms with Crippen LogP contribution in [0.5, 0.6) is 0 Å². The highest BCUT2D eigenvalue weighted by atomic mass is 35.5. The molecule has 1 N–H and O–H groups in total. The zero-order valence-electron chi connectivity index (χ0n) is 8.97. The second-order valence-corrected chi connectivity index (χ2v) is 4.12. The molecule has 0 saturated carbocycles. The van der Waals surface area contributed by atoms with Gasteiger partial charge in [-0.3, -0.25) is 0 Å². The van der Waals surface area contributed by atoms with Gasteiger partial charge in [-0.2, -0.15) is 0 Å². The number of nitrogens with one attached hydrogen (secondary N) is 1. The van der Waals surface area contributed by atoms with Crippen LogP contribution in [-0.4, -0.2) is 56.7 Å². The van der Waals surface area contributed by atoms with Gasteiger partial charge in [0.2, 0.25) is 0 Å². The van der Waals surface area contributed by atoms with Crippen molar-refractivity contribution in [3.63, 3.8) is 0 Å². The third kappa shape index (κ3) is 4.60. The fourth-order valence-electron chi connectivity index (χ4n) is 1.79. The molecule has 84 valence electrons. The summed E-state index contributed by atoms with van der Waals surface area (Å²) in [5.74, 6) is 0.619. The first-order valence-corrected chi connectivity index (χ1v) is 5.91. The maximum Gasteiger partial charge on any atom is 0.0627 e. The Labute approximate surface area is 91.7 Å². The largest absolute Gasteiger partial charge is 0.383 e. The quantitative estimate of drug-likeness (QED) is 0.646. The summed E-state index contributed by atoms with van der Waals surface area (Å²) in [5.41, 5.74) is 0. The predicted octanol–water partition coefficient (Wildman–Crippen LogP) is 0.926. The number of rotatable bonds is 7. The number of likely N-dealkylation sites (tertiary alicyclic amines) is 1. The average molecular weight is 221 g/mol. The minimum Gasteiger partial charge on any atom is -0.383 e. The lowest BCUT2D eigenvalue weighted by Gasteiger charge is -2.18. The van der Waals surface area contributed by atoms with E-state index in [4.69, 9.17) is 16.3 Å². The molecule has 1 fully saturated rings. The summed E-state index contributed by atoms with van der Waals surface area (Å²) < 4.78 is 5.06. The van der Waals surface area contributed by atoms with Crippen LogP contribution in [0.4, 0.5) is 0 Å². The molecule has 0 spiro atoms. The number of hydrogen-bond donors (Lipinski definition) is 1. The molecule has 14 heavy (non-hydrogen) atoms. The molecule has 3 nitrogen and oxygen atoms in total. The van der Waals surface area contributed by atoms with Crippen molar-refractivity contribution in [2.45, 2.75) is 18.9 Å². The van der Waals surface area contributed by atoms with E-state index in [0.717, 1.165) is 13.1 Å². The number of hydrogen-bond acceptors (Lipinski definition) is 3. The highest BCUT2D eigenvalue weighted by Gasteiger charge is 2.11. The second-order valence-electron chi connectivity index (χ2n) is 3.81. The molecule has 1 atom stereocenters. The van der Waals surface area contributed by atoms with E-state index in [9.17, 15) is 0 Å². The number of alkyl halides is 1. The van der Waals surface area contributed by atoms with Gasteiger partial charge in [-0.15, -0.1) is 11.6 Å². The Morgan fingerprint density at radius 1 is 1.43 bits per heavy atom. The lowest BCUT2D eigenvalue weighted by molar-refractivity contribution is 0.171. The van der Waals surface area contributed by atoms with Crippen molar-refractivity contribution in [3.05, 3.63) is 0 Å². The van der Waals surface area contributed by atoms with E-state index in [-0.39, 0.29) is 0 Å².